The molecule has 2 aromatic carbocycles. The van der Waals surface area contributed by atoms with Gasteiger partial charge in [-0.3, -0.25) is 4.79 Å². The molecule has 1 aliphatic rings. The van der Waals surface area contributed by atoms with Crippen LogP contribution in [-0.4, -0.2) is 38.3 Å². The first-order chi connectivity index (χ1) is 13.3. The predicted octanol–water partition coefficient (Wildman–Crippen LogP) is 3.52. The molecule has 0 bridgehead atoms. The Labute approximate surface area is 166 Å². The summed E-state index contributed by atoms with van der Waals surface area (Å²) in [5, 5.41) is 2.88. The topological polar surface area (TPSA) is 75.7 Å². The summed E-state index contributed by atoms with van der Waals surface area (Å²) in [6, 6.07) is 8.56. The molecule has 0 saturated carbocycles. The second-order valence-electron chi connectivity index (χ2n) is 6.88. The third kappa shape index (κ3) is 3.77. The zero-order chi connectivity index (χ0) is 20.5. The van der Waals surface area contributed by atoms with Gasteiger partial charge in [0.1, 0.15) is 5.75 Å². The first-order valence-electron chi connectivity index (χ1n) is 9.46. The van der Waals surface area contributed by atoms with E-state index in [9.17, 15) is 13.2 Å². The predicted molar refractivity (Wildman–Crippen MR) is 110 cm³/mol. The van der Waals surface area contributed by atoms with E-state index in [2.05, 4.69) is 5.32 Å². The van der Waals surface area contributed by atoms with Gasteiger partial charge in [-0.1, -0.05) is 13.8 Å². The summed E-state index contributed by atoms with van der Waals surface area (Å²) in [4.78, 5) is 13.0. The van der Waals surface area contributed by atoms with Crippen molar-refractivity contribution < 1.29 is 17.9 Å². The molecule has 0 atom stereocenters. The van der Waals surface area contributed by atoms with Gasteiger partial charge in [0, 0.05) is 30.8 Å². The van der Waals surface area contributed by atoms with Crippen molar-refractivity contribution in [2.24, 2.45) is 0 Å². The fourth-order valence-electron chi connectivity index (χ4n) is 3.34. The normalized spacial score (nSPS) is 13.3. The van der Waals surface area contributed by atoms with Crippen LogP contribution in [0.5, 0.6) is 5.75 Å². The van der Waals surface area contributed by atoms with Crippen LogP contribution in [0.2, 0.25) is 0 Å². The molecule has 0 spiro atoms. The Morgan fingerprint density at radius 1 is 1.14 bits per heavy atom. The van der Waals surface area contributed by atoms with Crippen LogP contribution in [0.15, 0.2) is 35.2 Å². The first-order valence-corrected chi connectivity index (χ1v) is 10.9. The molecule has 7 heteroatoms. The average Bonchev–Trinajstić information content (AvgIpc) is 3.13. The molecule has 150 valence electrons. The lowest BCUT2D eigenvalue weighted by molar-refractivity contribution is 0.102. The van der Waals surface area contributed by atoms with Gasteiger partial charge in [0.05, 0.1) is 11.5 Å². The number of nitrogens with one attached hydrogen (secondary N) is 1. The van der Waals surface area contributed by atoms with Gasteiger partial charge in [0.25, 0.3) is 5.91 Å². The number of hydrogen-bond acceptors (Lipinski definition) is 4. The molecular formula is C21H26N2O4S. The molecule has 1 amide bonds. The number of ether oxygens (including phenoxy) is 1. The van der Waals surface area contributed by atoms with Crippen LogP contribution in [-0.2, 0) is 16.4 Å². The maximum Gasteiger partial charge on any atom is 0.255 e. The SMILES string of the molecule is CCN(CC)S(=O)(=O)c1cc(C)c(C)c(NC(=O)c2ccc3c(c2)CCO3)c1. The van der Waals surface area contributed by atoms with E-state index in [1.165, 1.54) is 4.31 Å². The second-order valence-corrected chi connectivity index (χ2v) is 8.82. The molecule has 0 fully saturated rings. The lowest BCUT2D eigenvalue weighted by atomic mass is 10.1. The summed E-state index contributed by atoms with van der Waals surface area (Å²) in [5.74, 6) is 0.547. The van der Waals surface area contributed by atoms with E-state index in [0.29, 0.717) is 30.9 Å². The zero-order valence-electron chi connectivity index (χ0n) is 16.7. The van der Waals surface area contributed by atoms with Crippen LogP contribution in [0.4, 0.5) is 5.69 Å². The first kappa shape index (κ1) is 20.4. The van der Waals surface area contributed by atoms with Crippen LogP contribution in [0.25, 0.3) is 0 Å². The number of benzene rings is 2. The van der Waals surface area contributed by atoms with E-state index < -0.39 is 10.0 Å². The summed E-state index contributed by atoms with van der Waals surface area (Å²) >= 11 is 0. The van der Waals surface area contributed by atoms with Gasteiger partial charge in [-0.05, 0) is 60.9 Å². The van der Waals surface area contributed by atoms with Crippen molar-refractivity contribution in [3.8, 4) is 5.75 Å². The van der Waals surface area contributed by atoms with Crippen molar-refractivity contribution in [3.05, 3.63) is 52.6 Å². The number of rotatable bonds is 6. The highest BCUT2D eigenvalue weighted by atomic mass is 32.2. The standard InChI is InChI=1S/C21H26N2O4S/c1-5-23(6-2)28(25,26)18-11-14(3)15(4)19(13-18)22-21(24)17-7-8-20-16(12-17)9-10-27-20/h7-8,11-13H,5-6,9-10H2,1-4H3,(H,22,24). The number of anilines is 1. The lowest BCUT2D eigenvalue weighted by Crippen LogP contribution is -2.30. The van der Waals surface area contributed by atoms with Gasteiger partial charge in [0.15, 0.2) is 0 Å². The molecule has 0 aromatic heterocycles. The van der Waals surface area contributed by atoms with E-state index in [0.717, 1.165) is 28.9 Å². The monoisotopic (exact) mass is 402 g/mol. The van der Waals surface area contributed by atoms with Gasteiger partial charge in [-0.25, -0.2) is 8.42 Å². The van der Waals surface area contributed by atoms with Gasteiger partial charge >= 0.3 is 0 Å². The number of carbonyl (C=O) groups is 1. The third-order valence-corrected chi connectivity index (χ3v) is 7.21. The summed E-state index contributed by atoms with van der Waals surface area (Å²) in [6.07, 6.45) is 0.784. The van der Waals surface area contributed by atoms with Crippen molar-refractivity contribution >= 4 is 21.6 Å². The van der Waals surface area contributed by atoms with E-state index in [4.69, 9.17) is 4.74 Å². The summed E-state index contributed by atoms with van der Waals surface area (Å²) < 4.78 is 32.7. The van der Waals surface area contributed by atoms with Crippen LogP contribution in [0.3, 0.4) is 0 Å². The van der Waals surface area contributed by atoms with Gasteiger partial charge in [-0.15, -0.1) is 0 Å². The van der Waals surface area contributed by atoms with Gasteiger partial charge in [-0.2, -0.15) is 4.31 Å². The van der Waals surface area contributed by atoms with Crippen LogP contribution >= 0.6 is 0 Å². The Morgan fingerprint density at radius 2 is 1.86 bits per heavy atom. The highest BCUT2D eigenvalue weighted by molar-refractivity contribution is 7.89. The van der Waals surface area contributed by atoms with Crippen molar-refractivity contribution in [3.63, 3.8) is 0 Å². The molecule has 1 aliphatic heterocycles. The maximum atomic E-state index is 12.9. The molecule has 1 heterocycles. The fraction of sp³-hybridized carbons (Fsp3) is 0.381. The largest absolute Gasteiger partial charge is 0.493 e. The van der Waals surface area contributed by atoms with Crippen molar-refractivity contribution in [1.82, 2.24) is 4.31 Å². The number of fused-ring (bicyclic) bond motifs is 1. The van der Waals surface area contributed by atoms with Crippen molar-refractivity contribution in [1.29, 1.82) is 0 Å². The van der Waals surface area contributed by atoms with Crippen molar-refractivity contribution in [2.45, 2.75) is 39.0 Å². The molecule has 1 N–H and O–H groups in total. The minimum Gasteiger partial charge on any atom is -0.493 e. The highest BCUT2D eigenvalue weighted by Crippen LogP contribution is 2.28. The van der Waals surface area contributed by atoms with Crippen LogP contribution in [0.1, 0.15) is 40.9 Å². The Balaban J connectivity index is 1.94. The molecule has 2 aromatic rings. The third-order valence-electron chi connectivity index (χ3n) is 5.18. The molecular weight excluding hydrogens is 376 g/mol. The quantitative estimate of drug-likeness (QED) is 0.802. The lowest BCUT2D eigenvalue weighted by Gasteiger charge is -2.20. The minimum atomic E-state index is -3.61. The molecule has 6 nitrogen and oxygen atoms in total. The highest BCUT2D eigenvalue weighted by Gasteiger charge is 2.24. The van der Waals surface area contributed by atoms with Crippen LogP contribution in [0, 0.1) is 13.8 Å². The van der Waals surface area contributed by atoms with E-state index >= 15 is 0 Å². The summed E-state index contributed by atoms with van der Waals surface area (Å²) in [5.41, 5.74) is 3.70. The Kier molecular flexibility index (Phi) is 5.76. The van der Waals surface area contributed by atoms with Gasteiger partial charge in [0.2, 0.25) is 10.0 Å². The fourth-order valence-corrected chi connectivity index (χ4v) is 4.91. The van der Waals surface area contributed by atoms with Crippen molar-refractivity contribution in [2.75, 3.05) is 25.0 Å². The molecule has 0 unspecified atom stereocenters. The molecule has 0 radical (unpaired) electrons. The minimum absolute atomic E-state index is 0.192. The number of carbonyl (C=O) groups excluding carboxylic acids is 1. The Hall–Kier alpha value is -2.38. The molecule has 0 aliphatic carbocycles. The number of nitrogens with zero attached hydrogens (tertiary/aromatic N) is 1. The van der Waals surface area contributed by atoms with Gasteiger partial charge < -0.3 is 10.1 Å². The summed E-state index contributed by atoms with van der Waals surface area (Å²) in [7, 11) is -3.61. The number of sulfonamides is 1. The smallest absolute Gasteiger partial charge is 0.255 e. The van der Waals surface area contributed by atoms with Crippen LogP contribution < -0.4 is 10.1 Å². The Morgan fingerprint density at radius 3 is 2.54 bits per heavy atom. The zero-order valence-corrected chi connectivity index (χ0v) is 17.5. The maximum absolute atomic E-state index is 12.9. The Bertz CT molecular complexity index is 1010. The second kappa shape index (κ2) is 7.93. The van der Waals surface area contributed by atoms with E-state index in [1.54, 1.807) is 24.3 Å². The summed E-state index contributed by atoms with van der Waals surface area (Å²) in [6.45, 7) is 8.75. The average molecular weight is 403 g/mol. The van der Waals surface area contributed by atoms with E-state index in [1.807, 2.05) is 33.8 Å². The molecule has 0 saturated heterocycles. The van der Waals surface area contributed by atoms with E-state index in [-0.39, 0.29) is 10.8 Å². The number of aryl methyl sites for hydroxylation is 1. The molecule has 3 rings (SSSR count). The number of hydrogen-bond donors (Lipinski definition) is 1. The molecule has 28 heavy (non-hydrogen) atoms. The number of amides is 1.